The molecule has 0 saturated carbocycles. The van der Waals surface area contributed by atoms with Gasteiger partial charge in [-0.1, -0.05) is 0 Å². The van der Waals surface area contributed by atoms with Gasteiger partial charge in [0.1, 0.15) is 4.60 Å². The molecule has 0 saturated heterocycles. The van der Waals surface area contributed by atoms with Crippen molar-refractivity contribution in [3.05, 3.63) is 23.2 Å². The van der Waals surface area contributed by atoms with Crippen LogP contribution in [0.5, 0.6) is 0 Å². The summed E-state index contributed by atoms with van der Waals surface area (Å²) in [5.74, 6) is 0.612. The summed E-state index contributed by atoms with van der Waals surface area (Å²) in [7, 11) is 1.59. The summed E-state index contributed by atoms with van der Waals surface area (Å²) in [6, 6.07) is -0.206. The second-order valence-corrected chi connectivity index (χ2v) is 4.36. The van der Waals surface area contributed by atoms with Gasteiger partial charge in [-0.05, 0) is 15.9 Å². The van der Waals surface area contributed by atoms with Gasteiger partial charge in [-0.15, -0.1) is 0 Å². The van der Waals surface area contributed by atoms with Crippen LogP contribution < -0.4 is 5.32 Å². The zero-order chi connectivity index (χ0) is 12.3. The van der Waals surface area contributed by atoms with Crippen molar-refractivity contribution in [2.75, 3.05) is 25.6 Å². The number of methoxy groups -OCH3 is 1. The summed E-state index contributed by atoms with van der Waals surface area (Å²) in [6.07, 6.45) is 5.34. The molecule has 17 heavy (non-hydrogen) atoms. The lowest BCUT2D eigenvalue weighted by Gasteiger charge is -2.16. The molecule has 0 amide bonds. The minimum absolute atomic E-state index is 0.0328. The van der Waals surface area contributed by atoms with Crippen LogP contribution in [0.1, 0.15) is 0 Å². The average Bonchev–Trinajstić information content (AvgIpc) is 2.76. The van der Waals surface area contributed by atoms with Gasteiger partial charge in [-0.2, -0.15) is 0 Å². The highest BCUT2D eigenvalue weighted by atomic mass is 79.9. The van der Waals surface area contributed by atoms with Gasteiger partial charge in [-0.25, -0.2) is 9.97 Å². The van der Waals surface area contributed by atoms with E-state index >= 15 is 0 Å². The minimum atomic E-state index is -0.206. The smallest absolute Gasteiger partial charge is 0.180 e. The van der Waals surface area contributed by atoms with Gasteiger partial charge in [0.2, 0.25) is 0 Å². The van der Waals surface area contributed by atoms with E-state index in [9.17, 15) is 5.11 Å². The number of imidazole rings is 1. The maximum Gasteiger partial charge on any atom is 0.180 e. The Balaban J connectivity index is 2.30. The average molecular weight is 301 g/mol. The number of nitrogens with one attached hydrogen (secondary N) is 1. The van der Waals surface area contributed by atoms with Gasteiger partial charge in [0, 0.05) is 25.7 Å². The second-order valence-electron chi connectivity index (χ2n) is 3.55. The quantitative estimate of drug-likeness (QED) is 0.859. The molecule has 0 spiro atoms. The van der Waals surface area contributed by atoms with E-state index in [1.54, 1.807) is 13.3 Å². The molecule has 0 aromatic carbocycles. The summed E-state index contributed by atoms with van der Waals surface area (Å²) < 4.78 is 7.54. The number of aromatic nitrogens is 3. The lowest BCUT2D eigenvalue weighted by atomic mass is 10.3. The molecule has 1 atom stereocenters. The Morgan fingerprint density at radius 1 is 1.65 bits per heavy atom. The summed E-state index contributed by atoms with van der Waals surface area (Å²) in [4.78, 5) is 8.50. The third kappa shape index (κ3) is 2.74. The fourth-order valence-corrected chi connectivity index (χ4v) is 1.93. The molecule has 0 fully saturated rings. The summed E-state index contributed by atoms with van der Waals surface area (Å²) >= 11 is 3.33. The van der Waals surface area contributed by atoms with E-state index in [1.807, 2.05) is 16.8 Å². The van der Waals surface area contributed by atoms with Gasteiger partial charge >= 0.3 is 0 Å². The molecule has 0 bridgehead atoms. The number of rotatable bonds is 5. The van der Waals surface area contributed by atoms with E-state index < -0.39 is 0 Å². The van der Waals surface area contributed by atoms with Crippen molar-refractivity contribution < 1.29 is 9.84 Å². The summed E-state index contributed by atoms with van der Waals surface area (Å²) in [5.41, 5.74) is 0.711. The Hall–Kier alpha value is -1.18. The van der Waals surface area contributed by atoms with E-state index in [4.69, 9.17) is 4.74 Å². The van der Waals surface area contributed by atoms with E-state index in [-0.39, 0.29) is 12.6 Å². The van der Waals surface area contributed by atoms with E-state index in [2.05, 4.69) is 31.2 Å². The first-order valence-corrected chi connectivity index (χ1v) is 5.89. The molecule has 0 aliphatic rings. The molecule has 2 N–H and O–H groups in total. The second kappa shape index (κ2) is 5.44. The lowest BCUT2D eigenvalue weighted by Crippen LogP contribution is -2.29. The zero-order valence-electron chi connectivity index (χ0n) is 9.30. The largest absolute Gasteiger partial charge is 0.394 e. The van der Waals surface area contributed by atoms with Gasteiger partial charge < -0.3 is 19.6 Å². The molecule has 1 unspecified atom stereocenters. The molecule has 92 valence electrons. The fourth-order valence-electron chi connectivity index (χ4n) is 1.53. The number of fused-ring (bicyclic) bond motifs is 1. The predicted octanol–water partition coefficient (Wildman–Crippen LogP) is 0.911. The predicted molar refractivity (Wildman–Crippen MR) is 67.1 cm³/mol. The Morgan fingerprint density at radius 3 is 3.18 bits per heavy atom. The van der Waals surface area contributed by atoms with Crippen molar-refractivity contribution in [1.29, 1.82) is 0 Å². The van der Waals surface area contributed by atoms with Crippen LogP contribution in [0.2, 0.25) is 0 Å². The number of hydrogen-bond donors (Lipinski definition) is 2. The maximum atomic E-state index is 9.20. The third-order valence-corrected chi connectivity index (χ3v) is 2.66. The lowest BCUT2D eigenvalue weighted by molar-refractivity contribution is 0.153. The highest BCUT2D eigenvalue weighted by Gasteiger charge is 2.12. The fraction of sp³-hybridized carbons (Fsp3) is 0.400. The number of anilines is 1. The first-order chi connectivity index (χ1) is 8.24. The number of halogens is 1. The molecule has 6 nitrogen and oxygen atoms in total. The number of aliphatic hydroxyl groups is 1. The van der Waals surface area contributed by atoms with Crippen LogP contribution in [0.15, 0.2) is 23.2 Å². The molecule has 7 heteroatoms. The highest BCUT2D eigenvalue weighted by Crippen LogP contribution is 2.17. The monoisotopic (exact) mass is 300 g/mol. The van der Waals surface area contributed by atoms with Crippen LogP contribution in [0.3, 0.4) is 0 Å². The van der Waals surface area contributed by atoms with Crippen molar-refractivity contribution in [3.63, 3.8) is 0 Å². The van der Waals surface area contributed by atoms with E-state index in [1.165, 1.54) is 0 Å². The van der Waals surface area contributed by atoms with Crippen LogP contribution in [0.4, 0.5) is 5.82 Å². The van der Waals surface area contributed by atoms with Crippen LogP contribution in [-0.2, 0) is 4.74 Å². The van der Waals surface area contributed by atoms with Crippen molar-refractivity contribution in [2.45, 2.75) is 6.04 Å². The topological polar surface area (TPSA) is 71.7 Å². The molecule has 2 rings (SSSR count). The molecule has 2 aromatic heterocycles. The Morgan fingerprint density at radius 2 is 2.47 bits per heavy atom. The van der Waals surface area contributed by atoms with Crippen molar-refractivity contribution in [2.24, 2.45) is 0 Å². The molecule has 0 aliphatic carbocycles. The van der Waals surface area contributed by atoms with Gasteiger partial charge in [0.15, 0.2) is 11.5 Å². The van der Waals surface area contributed by atoms with Gasteiger partial charge in [0.25, 0.3) is 0 Å². The molecular weight excluding hydrogens is 288 g/mol. The Kier molecular flexibility index (Phi) is 3.93. The minimum Gasteiger partial charge on any atom is -0.394 e. The highest BCUT2D eigenvalue weighted by molar-refractivity contribution is 9.10. The maximum absolute atomic E-state index is 9.20. The molecule has 2 heterocycles. The van der Waals surface area contributed by atoms with E-state index in [0.717, 1.165) is 0 Å². The van der Waals surface area contributed by atoms with Crippen molar-refractivity contribution in [3.8, 4) is 0 Å². The van der Waals surface area contributed by atoms with E-state index in [0.29, 0.717) is 22.7 Å². The number of nitrogens with zero attached hydrogens (tertiary/aromatic N) is 3. The van der Waals surface area contributed by atoms with Crippen LogP contribution in [0.25, 0.3) is 5.65 Å². The van der Waals surface area contributed by atoms with Crippen LogP contribution in [0, 0.1) is 0 Å². The van der Waals surface area contributed by atoms with Gasteiger partial charge in [0.05, 0.1) is 19.3 Å². The molecule has 0 radical (unpaired) electrons. The number of ether oxygens (including phenoxy) is 1. The van der Waals surface area contributed by atoms with Crippen molar-refractivity contribution >= 4 is 27.4 Å². The molecule has 2 aromatic rings. The third-order valence-electron chi connectivity index (χ3n) is 2.27. The zero-order valence-corrected chi connectivity index (χ0v) is 10.9. The summed E-state index contributed by atoms with van der Waals surface area (Å²) in [6.45, 7) is 0.368. The first-order valence-electron chi connectivity index (χ1n) is 5.10. The normalized spacial score (nSPS) is 12.9. The number of hydrogen-bond acceptors (Lipinski definition) is 5. The number of aliphatic hydroxyl groups excluding tert-OH is 1. The molecule has 0 aliphatic heterocycles. The Bertz CT molecular complexity index is 502. The molecular formula is C10H13BrN4O2. The standard InChI is InChI=1S/C10H13BrN4O2/c1-17-6-7(5-16)13-9-10-12-2-3-15(10)4-8(11)14-9/h2-4,7,16H,5-6H2,1H3,(H,13,14). The summed E-state index contributed by atoms with van der Waals surface area (Å²) in [5, 5.41) is 12.3. The SMILES string of the molecule is COCC(CO)Nc1nc(Br)cn2ccnc12. The van der Waals surface area contributed by atoms with Crippen molar-refractivity contribution in [1.82, 2.24) is 14.4 Å². The Labute approximate surface area is 107 Å². The van der Waals surface area contributed by atoms with Crippen LogP contribution >= 0.6 is 15.9 Å². The van der Waals surface area contributed by atoms with Crippen LogP contribution in [-0.4, -0.2) is 45.8 Å². The van der Waals surface area contributed by atoms with Gasteiger partial charge in [-0.3, -0.25) is 0 Å². The first kappa shape index (κ1) is 12.3.